The lowest BCUT2D eigenvalue weighted by Gasteiger charge is -2.16. The van der Waals surface area contributed by atoms with Crippen LogP contribution in [0.2, 0.25) is 0 Å². The van der Waals surface area contributed by atoms with Gasteiger partial charge in [0.2, 0.25) is 23.6 Å². The molecule has 0 unspecified atom stereocenters. The maximum absolute atomic E-state index is 15.3. The number of rotatable bonds is 21. The van der Waals surface area contributed by atoms with E-state index in [2.05, 4.69) is 113 Å². The van der Waals surface area contributed by atoms with Crippen molar-refractivity contribution >= 4 is 140 Å². The molecular formula is C93H79Br2F2N23O8S4. The third kappa shape index (κ3) is 19.1. The molecule has 4 aliphatic rings. The molecule has 0 spiro atoms. The van der Waals surface area contributed by atoms with Crippen molar-refractivity contribution in [2.75, 3.05) is 49.2 Å². The predicted octanol–water partition coefficient (Wildman–Crippen LogP) is 18.7. The van der Waals surface area contributed by atoms with Crippen LogP contribution in [0.25, 0.3) is 110 Å². The van der Waals surface area contributed by atoms with E-state index in [4.69, 9.17) is 34.8 Å². The average molecular weight is 1970 g/mol. The number of ether oxygens (including phenoxy) is 1. The molecule has 0 aliphatic heterocycles. The average Bonchev–Trinajstić information content (AvgIpc) is 1.60. The van der Waals surface area contributed by atoms with Gasteiger partial charge in [-0.15, -0.1) is 0 Å². The number of hydrogen-bond acceptors (Lipinski definition) is 27. The van der Waals surface area contributed by atoms with Gasteiger partial charge >= 0.3 is 0 Å². The Labute approximate surface area is 786 Å². The van der Waals surface area contributed by atoms with Gasteiger partial charge in [0.25, 0.3) is 0 Å². The SMILES string of the molecule is CCON=Cc1ccc(-n2nc(-c3cccnc3)c3c2-c2sc(NC(C)=O)nc2CC3)c(F)c1.COCc1cccc(-n2nc(-c3cccnc3)c3c2-c2sc(NC(C)=O)nc2CC3)c1Br.CON=Cc1ccc(-n2nc(-c3cccnc3)c3c2-c2sc(NC(C)=O)nc2CC3)c(Br)c1.CON=Cc1ccc(-n2nc(-c3cccnc3)c3c2-c2sc(NC(C)=O)nc2CC3)c(F)c1. The van der Waals surface area contributed by atoms with Crippen molar-refractivity contribution in [2.24, 2.45) is 15.5 Å². The molecule has 0 atom stereocenters. The topological polar surface area (TPSA) is 365 Å². The second kappa shape index (κ2) is 40.1. The Balaban J connectivity index is 0.000000123. The van der Waals surface area contributed by atoms with Crippen molar-refractivity contribution in [3.8, 4) is 110 Å². The van der Waals surface area contributed by atoms with E-state index >= 15 is 8.78 Å². The van der Waals surface area contributed by atoms with Gasteiger partial charge in [-0.1, -0.05) is 91.1 Å². The van der Waals surface area contributed by atoms with Crippen LogP contribution < -0.4 is 21.3 Å². The Bertz CT molecular complexity index is 6940. The first-order valence-electron chi connectivity index (χ1n) is 41.4. The third-order valence-corrected chi connectivity index (χ3v) is 26.7. The number of oxime groups is 3. The van der Waals surface area contributed by atoms with Crippen LogP contribution in [-0.2, 0) is 96.4 Å². The fraction of sp³-hybridized carbons (Fsp3) is 0.194. The minimum atomic E-state index is -0.447. The molecule has 0 saturated carbocycles. The predicted molar refractivity (Wildman–Crippen MR) is 513 cm³/mol. The Morgan fingerprint density at radius 1 is 0.417 bits per heavy atom. The van der Waals surface area contributed by atoms with Gasteiger partial charge in [0.05, 0.1) is 124 Å². The maximum atomic E-state index is 15.3. The zero-order chi connectivity index (χ0) is 91.8. The van der Waals surface area contributed by atoms with Crippen molar-refractivity contribution in [1.29, 1.82) is 0 Å². The molecule has 12 aromatic heterocycles. The highest BCUT2D eigenvalue weighted by Crippen LogP contribution is 2.50. The summed E-state index contributed by atoms with van der Waals surface area (Å²) < 4.78 is 44.9. The second-order valence-electron chi connectivity index (χ2n) is 30.0. The normalized spacial score (nSPS) is 12.4. The van der Waals surface area contributed by atoms with Gasteiger partial charge in [0.15, 0.2) is 20.5 Å². The summed E-state index contributed by atoms with van der Waals surface area (Å²) in [6.07, 6.45) is 24.6. The standard InChI is InChI=1S/C24H21FN6O2S.C23H19BrN6O2S.C23H20BrN5O2S.C23H19FN6O2S/c1-3-33-27-12-15-6-9-20(18(25)11-15)31-22-17(21(30-31)16-5-4-10-26-13-16)7-8-19-23(22)34-24(29-19)28-14(2)32;1-13(31)27-23-28-18-7-6-16-20(15-4-3-9-25-12-15)29-30(21(16)22(18)33-23)19-8-5-14(10-17(19)24)11-26-32-2;1-13(30)26-23-27-17-9-8-16-20(14-6-4-10-25-11-14)28-29(21(16)22(17)32-23)18-7-3-5-15(12-31-2)19(18)24;1-13(31)27-23-28-18-7-6-16-20(15-4-3-9-25-12-15)29-30(21(16)22(18)33-23)19-8-5-14(10-17(19)24)11-26-32-2/h4-6,9-13H,3,7-8H2,1-2H3,(H,28,29,32);3-5,8-12H,6-7H2,1-2H3,(H,27,28,31);3-7,10-11H,8-9,12H2,1-2H3,(H,26,27,30);3-5,8-12H,6-7H2,1-2H3,(H,27,28,31). The molecular weight excluding hydrogens is 1890 g/mol. The van der Waals surface area contributed by atoms with E-state index in [9.17, 15) is 19.2 Å². The fourth-order valence-corrected chi connectivity index (χ4v) is 21.2. The number of nitrogens with zero attached hydrogens (tertiary/aromatic N) is 19. The summed E-state index contributed by atoms with van der Waals surface area (Å²) in [5.74, 6) is -1.53. The number of benzene rings is 4. The number of halogens is 4. The van der Waals surface area contributed by atoms with E-state index in [1.807, 2.05) is 114 Å². The third-order valence-electron chi connectivity index (χ3n) is 21.1. The van der Waals surface area contributed by atoms with E-state index in [-0.39, 0.29) is 23.6 Å². The molecule has 132 heavy (non-hydrogen) atoms. The highest BCUT2D eigenvalue weighted by Gasteiger charge is 2.37. The van der Waals surface area contributed by atoms with E-state index in [1.165, 1.54) is 112 Å². The number of nitrogens with one attached hydrogen (secondary N) is 4. The number of carbonyl (C=O) groups is 4. The molecule has 31 nitrogen and oxygen atoms in total. The van der Waals surface area contributed by atoms with Crippen LogP contribution in [0.5, 0.6) is 0 Å². The number of thiazole rings is 4. The van der Waals surface area contributed by atoms with Crippen molar-refractivity contribution in [1.82, 2.24) is 79.0 Å². The molecule has 4 N–H and O–H groups in total. The molecule has 0 saturated heterocycles. The van der Waals surface area contributed by atoms with Crippen molar-refractivity contribution in [3.63, 3.8) is 0 Å². The number of methoxy groups -OCH3 is 1. The number of pyridine rings is 4. The number of fused-ring (bicyclic) bond motifs is 12. The molecule has 16 aromatic rings. The summed E-state index contributed by atoms with van der Waals surface area (Å²) in [5, 5.41) is 44.5. The van der Waals surface area contributed by atoms with Crippen molar-refractivity contribution in [3.05, 3.63) is 259 Å². The van der Waals surface area contributed by atoms with E-state index in [0.717, 1.165) is 189 Å². The van der Waals surface area contributed by atoms with Gasteiger partial charge in [0.1, 0.15) is 43.8 Å². The summed E-state index contributed by atoms with van der Waals surface area (Å²) in [6.45, 7) is 8.63. The Hall–Kier alpha value is -14.1. The largest absolute Gasteiger partial charge is 0.399 e. The number of carbonyl (C=O) groups excluding carboxylic acids is 4. The molecule has 4 aromatic carbocycles. The van der Waals surface area contributed by atoms with Gasteiger partial charge in [0, 0.05) is 138 Å². The molecule has 4 aliphatic carbocycles. The summed E-state index contributed by atoms with van der Waals surface area (Å²) in [5.41, 5.74) is 24.0. The monoisotopic (exact) mass is 1970 g/mol. The first kappa shape index (κ1) is 89.9. The number of amides is 4. The molecule has 20 rings (SSSR count). The van der Waals surface area contributed by atoms with E-state index in [1.54, 1.807) is 84.1 Å². The molecule has 4 amide bonds. The van der Waals surface area contributed by atoms with Crippen LogP contribution in [0, 0.1) is 11.6 Å². The quantitative estimate of drug-likeness (QED) is 0.0383. The van der Waals surface area contributed by atoms with Gasteiger partial charge in [-0.05, 0) is 203 Å². The number of anilines is 4. The van der Waals surface area contributed by atoms with Crippen LogP contribution in [0.1, 0.15) is 102 Å². The summed E-state index contributed by atoms with van der Waals surface area (Å²) >= 11 is 13.2. The zero-order valence-electron chi connectivity index (χ0n) is 71.9. The fourth-order valence-electron chi connectivity index (χ4n) is 15.7. The first-order chi connectivity index (χ1) is 64.2. The summed E-state index contributed by atoms with van der Waals surface area (Å²) in [7, 11) is 4.62. The van der Waals surface area contributed by atoms with Gasteiger partial charge in [-0.25, -0.2) is 47.4 Å². The van der Waals surface area contributed by atoms with Crippen molar-refractivity contribution in [2.45, 2.75) is 92.6 Å². The molecule has 666 valence electrons. The minimum Gasteiger partial charge on any atom is -0.399 e. The molecule has 0 bridgehead atoms. The Kier molecular flexibility index (Phi) is 27.3. The lowest BCUT2D eigenvalue weighted by atomic mass is 9.95. The van der Waals surface area contributed by atoms with E-state index in [0.29, 0.717) is 81.9 Å². The summed E-state index contributed by atoms with van der Waals surface area (Å²) in [4.78, 5) is 100. The van der Waals surface area contributed by atoms with Gasteiger partial charge in [-0.3, -0.25) is 39.1 Å². The van der Waals surface area contributed by atoms with Crippen LogP contribution in [0.3, 0.4) is 0 Å². The second-order valence-corrected chi connectivity index (χ2v) is 35.7. The Morgan fingerprint density at radius 2 is 0.742 bits per heavy atom. The molecule has 0 fully saturated rings. The van der Waals surface area contributed by atoms with E-state index < -0.39 is 11.6 Å². The number of hydrogen-bond donors (Lipinski definition) is 4. The highest BCUT2D eigenvalue weighted by atomic mass is 79.9. The lowest BCUT2D eigenvalue weighted by molar-refractivity contribution is -0.115. The molecule has 12 heterocycles. The van der Waals surface area contributed by atoms with Crippen LogP contribution in [0.15, 0.2) is 195 Å². The van der Waals surface area contributed by atoms with Crippen molar-refractivity contribution < 1.29 is 47.2 Å². The zero-order valence-corrected chi connectivity index (χ0v) is 78.3. The first-order valence-corrected chi connectivity index (χ1v) is 46.2. The number of aromatic nitrogens is 16. The maximum Gasteiger partial charge on any atom is 0.223 e. The summed E-state index contributed by atoms with van der Waals surface area (Å²) in [6, 6.07) is 37.1. The highest BCUT2D eigenvalue weighted by molar-refractivity contribution is 9.11. The van der Waals surface area contributed by atoms with Crippen LogP contribution in [-0.4, -0.2) is 149 Å². The van der Waals surface area contributed by atoms with Gasteiger partial charge in [-0.2, -0.15) is 20.4 Å². The molecule has 39 heteroatoms. The molecule has 0 radical (unpaired) electrons. The van der Waals surface area contributed by atoms with Crippen LogP contribution >= 0.6 is 77.2 Å². The Morgan fingerprint density at radius 3 is 1.05 bits per heavy atom. The smallest absolute Gasteiger partial charge is 0.223 e. The lowest BCUT2D eigenvalue weighted by Crippen LogP contribution is -2.08. The van der Waals surface area contributed by atoms with Crippen LogP contribution in [0.4, 0.5) is 29.3 Å². The number of aryl methyl sites for hydroxylation is 4. The van der Waals surface area contributed by atoms with Gasteiger partial charge < -0.3 is 40.5 Å². The minimum absolute atomic E-state index is 0.129.